The zero-order valence-electron chi connectivity index (χ0n) is 11.1. The van der Waals surface area contributed by atoms with Crippen molar-refractivity contribution in [3.63, 3.8) is 0 Å². The molecular formula is C13H19N3O2S. The highest BCUT2D eigenvalue weighted by atomic mass is 32.2. The summed E-state index contributed by atoms with van der Waals surface area (Å²) < 4.78 is 0. The second-order valence-electron chi connectivity index (χ2n) is 4.69. The van der Waals surface area contributed by atoms with Gasteiger partial charge in [-0.1, -0.05) is 31.5 Å². The van der Waals surface area contributed by atoms with Crippen LogP contribution in [0.4, 0.5) is 0 Å². The van der Waals surface area contributed by atoms with Crippen LogP contribution in [-0.2, 0) is 11.2 Å². The van der Waals surface area contributed by atoms with Crippen LogP contribution in [0.3, 0.4) is 0 Å². The van der Waals surface area contributed by atoms with Crippen LogP contribution in [0.1, 0.15) is 38.3 Å². The minimum Gasteiger partial charge on any atom is -0.355 e. The molecule has 6 heteroatoms. The molecule has 1 aromatic rings. The Balaban J connectivity index is 2.12. The van der Waals surface area contributed by atoms with Gasteiger partial charge in [-0.15, -0.1) is 0 Å². The molecule has 2 N–H and O–H groups in total. The van der Waals surface area contributed by atoms with Gasteiger partial charge in [0.25, 0.3) is 5.56 Å². The molecule has 5 nitrogen and oxygen atoms in total. The van der Waals surface area contributed by atoms with Crippen LogP contribution in [-0.4, -0.2) is 27.7 Å². The van der Waals surface area contributed by atoms with Gasteiger partial charge in [0.15, 0.2) is 5.16 Å². The van der Waals surface area contributed by atoms with E-state index in [0.29, 0.717) is 5.16 Å². The normalized spacial score (nSPS) is 19.8. The molecule has 1 aromatic heterocycles. The van der Waals surface area contributed by atoms with E-state index in [1.165, 1.54) is 17.8 Å². The molecule has 0 unspecified atom stereocenters. The zero-order chi connectivity index (χ0) is 13.7. The highest BCUT2D eigenvalue weighted by Crippen LogP contribution is 2.24. The van der Waals surface area contributed by atoms with Gasteiger partial charge in [0.05, 0.1) is 5.25 Å². The number of amides is 1. The van der Waals surface area contributed by atoms with Gasteiger partial charge in [-0.2, -0.15) is 0 Å². The number of rotatable bonds is 4. The topological polar surface area (TPSA) is 74.8 Å². The van der Waals surface area contributed by atoms with Crippen LogP contribution in [0.5, 0.6) is 0 Å². The largest absolute Gasteiger partial charge is 0.355 e. The van der Waals surface area contributed by atoms with Crippen molar-refractivity contribution in [3.8, 4) is 0 Å². The maximum atomic E-state index is 11.9. The number of carbonyl (C=O) groups is 1. The minimum absolute atomic E-state index is 0.0473. The van der Waals surface area contributed by atoms with E-state index in [1.807, 2.05) is 0 Å². The van der Waals surface area contributed by atoms with Crippen molar-refractivity contribution in [2.75, 3.05) is 6.54 Å². The average molecular weight is 281 g/mol. The highest BCUT2D eigenvalue weighted by molar-refractivity contribution is 8.00. The maximum Gasteiger partial charge on any atom is 0.251 e. The number of aromatic amines is 1. The van der Waals surface area contributed by atoms with Gasteiger partial charge in [-0.25, -0.2) is 4.98 Å². The molecule has 19 heavy (non-hydrogen) atoms. The number of carbonyl (C=O) groups excluding carboxylic acids is 1. The zero-order valence-corrected chi connectivity index (χ0v) is 11.9. The van der Waals surface area contributed by atoms with E-state index in [9.17, 15) is 9.59 Å². The summed E-state index contributed by atoms with van der Waals surface area (Å²) in [6.07, 6.45) is 4.61. The predicted molar refractivity (Wildman–Crippen MR) is 75.4 cm³/mol. The fourth-order valence-corrected chi connectivity index (χ4v) is 3.16. The Bertz CT molecular complexity index is 501. The van der Waals surface area contributed by atoms with E-state index in [1.54, 1.807) is 0 Å². The predicted octanol–water partition coefficient (Wildman–Crippen LogP) is 1.48. The summed E-state index contributed by atoms with van der Waals surface area (Å²) in [7, 11) is 0. The third-order valence-electron chi connectivity index (χ3n) is 3.02. The highest BCUT2D eigenvalue weighted by Gasteiger charge is 2.22. The molecule has 0 radical (unpaired) electrons. The lowest BCUT2D eigenvalue weighted by molar-refractivity contribution is -0.120. The fraction of sp³-hybridized carbons (Fsp3) is 0.615. The van der Waals surface area contributed by atoms with Crippen molar-refractivity contribution in [2.24, 2.45) is 0 Å². The van der Waals surface area contributed by atoms with Crippen LogP contribution < -0.4 is 10.9 Å². The summed E-state index contributed by atoms with van der Waals surface area (Å²) in [5, 5.41) is 3.29. The molecule has 104 valence electrons. The first kappa shape index (κ1) is 14.1. The molecule has 1 aliphatic heterocycles. The molecule has 1 amide bonds. The number of nitrogens with one attached hydrogen (secondary N) is 2. The van der Waals surface area contributed by atoms with Gasteiger partial charge in [0.1, 0.15) is 0 Å². The second-order valence-corrected chi connectivity index (χ2v) is 5.88. The van der Waals surface area contributed by atoms with Crippen LogP contribution in [0.15, 0.2) is 16.0 Å². The van der Waals surface area contributed by atoms with E-state index < -0.39 is 0 Å². The molecule has 1 atom stereocenters. The van der Waals surface area contributed by atoms with Crippen LogP contribution in [0.2, 0.25) is 0 Å². The third kappa shape index (κ3) is 4.09. The number of hydrogen-bond donors (Lipinski definition) is 2. The second kappa shape index (κ2) is 6.75. The van der Waals surface area contributed by atoms with Crippen LogP contribution in [0, 0.1) is 0 Å². The number of aromatic nitrogens is 2. The molecule has 0 bridgehead atoms. The Morgan fingerprint density at radius 1 is 1.42 bits per heavy atom. The number of nitrogens with zero attached hydrogens (tertiary/aromatic N) is 1. The van der Waals surface area contributed by atoms with Crippen molar-refractivity contribution in [1.82, 2.24) is 15.3 Å². The first-order valence-corrected chi connectivity index (χ1v) is 7.61. The third-order valence-corrected chi connectivity index (χ3v) is 4.17. The van der Waals surface area contributed by atoms with Gasteiger partial charge < -0.3 is 10.3 Å². The van der Waals surface area contributed by atoms with Crippen molar-refractivity contribution in [1.29, 1.82) is 0 Å². The molecule has 1 aliphatic rings. The van der Waals surface area contributed by atoms with E-state index in [0.717, 1.165) is 44.3 Å². The van der Waals surface area contributed by atoms with E-state index in [4.69, 9.17) is 0 Å². The molecular weight excluding hydrogens is 262 g/mol. The Morgan fingerprint density at radius 3 is 3.05 bits per heavy atom. The van der Waals surface area contributed by atoms with Crippen LogP contribution >= 0.6 is 11.8 Å². The Labute approximate surface area is 116 Å². The molecule has 0 aliphatic carbocycles. The number of thioether (sulfide) groups is 1. The SMILES string of the molecule is CCCc1cc(=O)[nH]c(S[C@@H]2CCCCNC2=O)n1. The molecule has 2 rings (SSSR count). The molecule has 2 heterocycles. The summed E-state index contributed by atoms with van der Waals surface area (Å²) in [5.74, 6) is 0.0473. The van der Waals surface area contributed by atoms with Gasteiger partial charge in [0.2, 0.25) is 5.91 Å². The smallest absolute Gasteiger partial charge is 0.251 e. The number of aryl methyl sites for hydroxylation is 1. The molecule has 0 saturated carbocycles. The van der Waals surface area contributed by atoms with Gasteiger partial charge in [0, 0.05) is 18.3 Å². The fourth-order valence-electron chi connectivity index (χ4n) is 2.08. The van der Waals surface area contributed by atoms with Gasteiger partial charge >= 0.3 is 0 Å². The first-order valence-electron chi connectivity index (χ1n) is 6.73. The average Bonchev–Trinajstić information content (AvgIpc) is 2.55. The molecule has 1 fully saturated rings. The van der Waals surface area contributed by atoms with E-state index in [-0.39, 0.29) is 16.7 Å². The lowest BCUT2D eigenvalue weighted by Gasteiger charge is -2.12. The van der Waals surface area contributed by atoms with E-state index >= 15 is 0 Å². The molecule has 0 aromatic carbocycles. The Morgan fingerprint density at radius 2 is 2.26 bits per heavy atom. The summed E-state index contributed by atoms with van der Waals surface area (Å²) in [6.45, 7) is 2.80. The van der Waals surface area contributed by atoms with Crippen molar-refractivity contribution in [3.05, 3.63) is 22.1 Å². The summed E-state index contributed by atoms with van der Waals surface area (Å²) in [5.41, 5.74) is 0.651. The van der Waals surface area contributed by atoms with Gasteiger partial charge in [-0.05, 0) is 19.3 Å². The molecule has 0 spiro atoms. The van der Waals surface area contributed by atoms with Gasteiger partial charge in [-0.3, -0.25) is 9.59 Å². The summed E-state index contributed by atoms with van der Waals surface area (Å²) in [6, 6.07) is 1.53. The monoisotopic (exact) mass is 281 g/mol. The standard InChI is InChI=1S/C13H19N3O2S/c1-2-5-9-8-11(17)16-13(15-9)19-10-6-3-4-7-14-12(10)18/h8,10H,2-7H2,1H3,(H,14,18)(H,15,16,17)/t10-/m1/s1. The maximum absolute atomic E-state index is 11.9. The lowest BCUT2D eigenvalue weighted by atomic mass is 10.2. The van der Waals surface area contributed by atoms with Crippen molar-refractivity contribution < 1.29 is 4.79 Å². The van der Waals surface area contributed by atoms with E-state index in [2.05, 4.69) is 22.2 Å². The number of hydrogen-bond acceptors (Lipinski definition) is 4. The van der Waals surface area contributed by atoms with Crippen LogP contribution in [0.25, 0.3) is 0 Å². The van der Waals surface area contributed by atoms with Crippen molar-refractivity contribution in [2.45, 2.75) is 49.4 Å². The lowest BCUT2D eigenvalue weighted by Crippen LogP contribution is -2.31. The number of H-pyrrole nitrogens is 1. The molecule has 1 saturated heterocycles. The summed E-state index contributed by atoms with van der Waals surface area (Å²) >= 11 is 1.36. The minimum atomic E-state index is -0.150. The summed E-state index contributed by atoms with van der Waals surface area (Å²) in [4.78, 5) is 30.6. The quantitative estimate of drug-likeness (QED) is 0.820. The Kier molecular flexibility index (Phi) is 5.01. The van der Waals surface area contributed by atoms with Crippen molar-refractivity contribution >= 4 is 17.7 Å². The first-order chi connectivity index (χ1) is 9.19. The Hall–Kier alpha value is -1.30.